The van der Waals surface area contributed by atoms with Crippen molar-refractivity contribution in [2.75, 3.05) is 24.6 Å². The summed E-state index contributed by atoms with van der Waals surface area (Å²) in [6.07, 6.45) is 0.276. The topological polar surface area (TPSA) is 119 Å². The van der Waals surface area contributed by atoms with Gasteiger partial charge in [-0.3, -0.25) is 0 Å². The normalized spacial score (nSPS) is 23.4. The molecule has 7 nitrogen and oxygen atoms in total. The van der Waals surface area contributed by atoms with E-state index in [-0.39, 0.29) is 22.8 Å². The number of hydrogen-bond acceptors (Lipinski definition) is 6. The second kappa shape index (κ2) is 4.79. The van der Waals surface area contributed by atoms with Crippen LogP contribution in [-0.4, -0.2) is 51.0 Å². The quantitative estimate of drug-likeness (QED) is 0.520. The zero-order valence-electron chi connectivity index (χ0n) is 8.47. The van der Waals surface area contributed by atoms with Gasteiger partial charge in [0.05, 0.1) is 17.7 Å². The minimum absolute atomic E-state index is 0.0265. The molecule has 0 aromatic heterocycles. The summed E-state index contributed by atoms with van der Waals surface area (Å²) in [5.74, 6) is -3.01. The highest BCUT2D eigenvalue weighted by Gasteiger charge is 2.35. The number of carboxylic acid groups (broad SMARTS) is 2. The van der Waals surface area contributed by atoms with Gasteiger partial charge in [-0.25, -0.2) is 8.42 Å². The van der Waals surface area contributed by atoms with Crippen molar-refractivity contribution < 1.29 is 33.1 Å². The summed E-state index contributed by atoms with van der Waals surface area (Å²) in [6, 6.07) is -0.499. The number of hydrogen-bond donors (Lipinski definition) is 1. The van der Waals surface area contributed by atoms with E-state index in [9.17, 15) is 28.2 Å². The fourth-order valence-electron chi connectivity index (χ4n) is 1.84. The number of aliphatic carboxylic acids is 2. The summed E-state index contributed by atoms with van der Waals surface area (Å²) < 4.78 is 22.4. The first-order valence-corrected chi connectivity index (χ1v) is 6.57. The molecule has 1 aliphatic rings. The zero-order chi connectivity index (χ0) is 12.3. The lowest BCUT2D eigenvalue weighted by atomic mass is 10.2. The Kier molecular flexibility index (Phi) is 3.87. The molecular formula is C8H12NO6S-. The van der Waals surface area contributed by atoms with Crippen LogP contribution in [0, 0.1) is 0 Å². The number of carboxylic acids is 2. The van der Waals surface area contributed by atoms with Crippen LogP contribution in [0.1, 0.15) is 6.42 Å². The van der Waals surface area contributed by atoms with E-state index < -0.39 is 40.9 Å². The second-order valence-electron chi connectivity index (χ2n) is 3.86. The van der Waals surface area contributed by atoms with Gasteiger partial charge in [-0.05, 0) is 0 Å². The Hall–Kier alpha value is -1.15. The molecule has 1 atom stereocenters. The number of quaternary nitrogens is 1. The van der Waals surface area contributed by atoms with Crippen LogP contribution in [0.3, 0.4) is 0 Å². The maximum Gasteiger partial charge on any atom is 0.156 e. The molecule has 0 aromatic carbocycles. The zero-order valence-corrected chi connectivity index (χ0v) is 9.29. The van der Waals surface area contributed by atoms with Crippen LogP contribution in [0.25, 0.3) is 0 Å². The van der Waals surface area contributed by atoms with Crippen molar-refractivity contribution in [2.24, 2.45) is 0 Å². The van der Waals surface area contributed by atoms with Gasteiger partial charge in [-0.15, -0.1) is 0 Å². The SMILES string of the molecule is O=C([O-])C[NH+](CC(=O)[O-])[C@@H]1CCS(=O)(=O)C1. The van der Waals surface area contributed by atoms with Gasteiger partial charge in [0.2, 0.25) is 0 Å². The van der Waals surface area contributed by atoms with Crippen molar-refractivity contribution in [1.29, 1.82) is 0 Å². The molecule has 1 saturated heterocycles. The van der Waals surface area contributed by atoms with E-state index in [2.05, 4.69) is 0 Å². The molecule has 0 bridgehead atoms. The van der Waals surface area contributed by atoms with Crippen LogP contribution in [0.15, 0.2) is 0 Å². The summed E-state index contributed by atoms with van der Waals surface area (Å²) in [5, 5.41) is 20.8. The first kappa shape index (κ1) is 12.9. The Morgan fingerprint density at radius 2 is 1.69 bits per heavy atom. The monoisotopic (exact) mass is 250 g/mol. The largest absolute Gasteiger partial charge is 0.544 e. The Labute approximate surface area is 92.6 Å². The summed E-state index contributed by atoms with van der Waals surface area (Å²) in [6.45, 7) is -1.04. The molecule has 1 aliphatic heterocycles. The van der Waals surface area contributed by atoms with E-state index in [1.807, 2.05) is 0 Å². The van der Waals surface area contributed by atoms with Crippen molar-refractivity contribution in [1.82, 2.24) is 0 Å². The van der Waals surface area contributed by atoms with E-state index in [1.54, 1.807) is 0 Å². The fraction of sp³-hybridized carbons (Fsp3) is 0.750. The Balaban J connectivity index is 2.69. The minimum Gasteiger partial charge on any atom is -0.544 e. The van der Waals surface area contributed by atoms with Crippen LogP contribution < -0.4 is 15.1 Å². The molecule has 0 amide bonds. The van der Waals surface area contributed by atoms with Crippen molar-refractivity contribution in [3.8, 4) is 0 Å². The third-order valence-corrected chi connectivity index (χ3v) is 4.32. The molecule has 1 rings (SSSR count). The number of nitrogens with one attached hydrogen (secondary N) is 1. The second-order valence-corrected chi connectivity index (χ2v) is 6.08. The number of carbonyl (C=O) groups excluding carboxylic acids is 2. The van der Waals surface area contributed by atoms with Gasteiger partial charge in [-0.2, -0.15) is 0 Å². The van der Waals surface area contributed by atoms with Gasteiger partial charge < -0.3 is 24.7 Å². The van der Waals surface area contributed by atoms with Crippen LogP contribution in [-0.2, 0) is 19.4 Å². The van der Waals surface area contributed by atoms with E-state index >= 15 is 0 Å². The van der Waals surface area contributed by atoms with Crippen LogP contribution in [0.2, 0.25) is 0 Å². The first-order chi connectivity index (χ1) is 7.30. The molecular weight excluding hydrogens is 238 g/mol. The number of sulfone groups is 1. The van der Waals surface area contributed by atoms with E-state index in [1.165, 1.54) is 0 Å². The van der Waals surface area contributed by atoms with E-state index in [0.29, 0.717) is 0 Å². The molecule has 0 spiro atoms. The Morgan fingerprint density at radius 1 is 1.19 bits per heavy atom. The van der Waals surface area contributed by atoms with Gasteiger partial charge in [0.25, 0.3) is 0 Å². The van der Waals surface area contributed by atoms with Gasteiger partial charge in [0.1, 0.15) is 24.9 Å². The van der Waals surface area contributed by atoms with Crippen LogP contribution in [0.5, 0.6) is 0 Å². The van der Waals surface area contributed by atoms with E-state index in [4.69, 9.17) is 0 Å². The predicted octanol–water partition coefficient (Wildman–Crippen LogP) is -5.44. The van der Waals surface area contributed by atoms with Crippen molar-refractivity contribution in [3.05, 3.63) is 0 Å². The molecule has 0 aliphatic carbocycles. The van der Waals surface area contributed by atoms with Crippen LogP contribution >= 0.6 is 0 Å². The fourth-order valence-corrected chi connectivity index (χ4v) is 3.66. The lowest BCUT2D eigenvalue weighted by molar-refractivity contribution is -0.911. The van der Waals surface area contributed by atoms with Gasteiger partial charge in [0.15, 0.2) is 9.84 Å². The Bertz CT molecular complexity index is 373. The molecule has 0 aromatic rings. The van der Waals surface area contributed by atoms with Gasteiger partial charge in [-0.1, -0.05) is 0 Å². The Morgan fingerprint density at radius 3 is 2.00 bits per heavy atom. The third kappa shape index (κ3) is 3.78. The first-order valence-electron chi connectivity index (χ1n) is 4.75. The van der Waals surface area contributed by atoms with Crippen molar-refractivity contribution >= 4 is 21.8 Å². The third-order valence-electron chi connectivity index (χ3n) is 2.55. The summed E-state index contributed by atoms with van der Waals surface area (Å²) in [5.41, 5.74) is 0. The average Bonchev–Trinajstić information content (AvgIpc) is 2.43. The molecule has 0 unspecified atom stereocenters. The van der Waals surface area contributed by atoms with Gasteiger partial charge >= 0.3 is 0 Å². The maximum absolute atomic E-state index is 11.2. The molecule has 92 valence electrons. The van der Waals surface area contributed by atoms with Crippen LogP contribution in [0.4, 0.5) is 0 Å². The molecule has 1 fully saturated rings. The summed E-state index contributed by atoms with van der Waals surface area (Å²) in [7, 11) is -3.16. The van der Waals surface area contributed by atoms with Gasteiger partial charge in [0, 0.05) is 6.42 Å². The van der Waals surface area contributed by atoms with E-state index in [0.717, 1.165) is 0 Å². The molecule has 1 N–H and O–H groups in total. The lowest BCUT2D eigenvalue weighted by Gasteiger charge is -2.25. The highest BCUT2D eigenvalue weighted by Crippen LogP contribution is 2.08. The standard InChI is InChI=1S/C8H13NO6S/c10-7(11)3-9(4-8(12)13)6-1-2-16(14,15)5-6/h6H,1-5H2,(H,10,11)(H,12,13)/p-1/t6-/m1/s1. The van der Waals surface area contributed by atoms with Crippen molar-refractivity contribution in [2.45, 2.75) is 12.5 Å². The summed E-state index contributed by atoms with van der Waals surface area (Å²) in [4.78, 5) is 21.0. The smallest absolute Gasteiger partial charge is 0.156 e. The molecule has 8 heteroatoms. The predicted molar refractivity (Wildman–Crippen MR) is 47.8 cm³/mol. The molecule has 0 saturated carbocycles. The maximum atomic E-state index is 11.2. The number of rotatable bonds is 5. The highest BCUT2D eigenvalue weighted by molar-refractivity contribution is 7.91. The molecule has 0 radical (unpaired) electrons. The number of carbonyl (C=O) groups is 2. The molecule has 16 heavy (non-hydrogen) atoms. The summed E-state index contributed by atoms with van der Waals surface area (Å²) >= 11 is 0. The lowest BCUT2D eigenvalue weighted by Crippen LogP contribution is -3.18. The highest BCUT2D eigenvalue weighted by atomic mass is 32.2. The molecule has 1 heterocycles. The average molecular weight is 250 g/mol. The van der Waals surface area contributed by atoms with Crippen molar-refractivity contribution in [3.63, 3.8) is 0 Å². The minimum atomic E-state index is -3.16.